The normalized spacial score (nSPS) is 26.4. The maximum absolute atomic E-state index is 10.9. The topological polar surface area (TPSA) is 37.3 Å². The number of hydrogen-bond acceptors (Lipinski definition) is 2. The molecular weight excluding hydrogens is 128 g/mol. The molecule has 2 nitrogen and oxygen atoms in total. The molecule has 0 saturated heterocycles. The van der Waals surface area contributed by atoms with Crippen molar-refractivity contribution in [3.63, 3.8) is 0 Å². The molecule has 0 bridgehead atoms. The number of ketones is 1. The molecule has 0 amide bonds. The molecule has 1 atom stereocenters. The average Bonchev–Trinajstić information content (AvgIpc) is 2.07. The van der Waals surface area contributed by atoms with Gasteiger partial charge in [-0.2, -0.15) is 0 Å². The summed E-state index contributed by atoms with van der Waals surface area (Å²) < 4.78 is 0. The highest BCUT2D eigenvalue weighted by Crippen LogP contribution is 2.30. The average molecular weight is 138 g/mol. The van der Waals surface area contributed by atoms with Gasteiger partial charge in [-0.1, -0.05) is 13.5 Å². The van der Waals surface area contributed by atoms with Crippen molar-refractivity contribution in [1.29, 1.82) is 0 Å². The van der Waals surface area contributed by atoms with Crippen LogP contribution in [0.4, 0.5) is 0 Å². The molecule has 0 heterocycles. The summed E-state index contributed by atoms with van der Waals surface area (Å²) in [6.45, 7) is 7.17. The van der Waals surface area contributed by atoms with Crippen molar-refractivity contribution >= 4 is 5.78 Å². The molecule has 0 saturated carbocycles. The van der Waals surface area contributed by atoms with Crippen molar-refractivity contribution in [2.24, 2.45) is 5.92 Å². The van der Waals surface area contributed by atoms with Crippen LogP contribution in [-0.4, -0.2) is 10.9 Å². The molecule has 0 aromatic carbocycles. The van der Waals surface area contributed by atoms with E-state index in [1.165, 1.54) is 0 Å². The van der Waals surface area contributed by atoms with Crippen LogP contribution in [0.25, 0.3) is 0 Å². The Morgan fingerprint density at radius 3 is 2.20 bits per heavy atom. The third-order valence-electron chi connectivity index (χ3n) is 2.05. The van der Waals surface area contributed by atoms with Gasteiger partial charge in [-0.25, -0.2) is 0 Å². The van der Waals surface area contributed by atoms with Gasteiger partial charge in [-0.15, -0.1) is 0 Å². The largest absolute Gasteiger partial charge is 0.504 e. The number of Topliss-reactive ketones (excluding diaryl/α,β-unsaturated/α-hetero) is 1. The summed E-state index contributed by atoms with van der Waals surface area (Å²) in [5.74, 6) is -0.394. The lowest BCUT2D eigenvalue weighted by Crippen LogP contribution is -1.99. The quantitative estimate of drug-likeness (QED) is 0.516. The van der Waals surface area contributed by atoms with Gasteiger partial charge in [0.25, 0.3) is 0 Å². The van der Waals surface area contributed by atoms with Gasteiger partial charge in [-0.05, 0) is 12.5 Å². The minimum absolute atomic E-state index is 0.0208. The monoisotopic (exact) mass is 138 g/mol. The molecule has 0 aliphatic heterocycles. The van der Waals surface area contributed by atoms with Crippen LogP contribution in [0.5, 0.6) is 0 Å². The van der Waals surface area contributed by atoms with Crippen LogP contribution >= 0.6 is 0 Å². The van der Waals surface area contributed by atoms with Gasteiger partial charge in [0.05, 0.1) is 0 Å². The van der Waals surface area contributed by atoms with Crippen molar-refractivity contribution in [2.75, 3.05) is 0 Å². The fraction of sp³-hybridized carbons (Fsp3) is 0.375. The van der Waals surface area contributed by atoms with E-state index >= 15 is 0 Å². The van der Waals surface area contributed by atoms with E-state index in [1.807, 2.05) is 6.92 Å². The Bertz CT molecular complexity index is 236. The fourth-order valence-electron chi connectivity index (χ4n) is 0.994. The zero-order chi connectivity index (χ0) is 7.89. The lowest BCUT2D eigenvalue weighted by atomic mass is 10.0. The first-order valence-electron chi connectivity index (χ1n) is 3.19. The highest BCUT2D eigenvalue weighted by Gasteiger charge is 2.29. The van der Waals surface area contributed by atoms with E-state index in [0.717, 1.165) is 5.57 Å². The van der Waals surface area contributed by atoms with Crippen LogP contribution in [0, 0.1) is 5.92 Å². The standard InChI is InChI=1S/C8H10O2/c1-4-5(2)7(9)8(10)6(4)3/h4,10H,2H2,1,3H3. The number of rotatable bonds is 0. The zero-order valence-electron chi connectivity index (χ0n) is 6.14. The Balaban J connectivity index is 3.11. The number of allylic oxidation sites excluding steroid dienone is 2. The van der Waals surface area contributed by atoms with E-state index < -0.39 is 0 Å². The summed E-state index contributed by atoms with van der Waals surface area (Å²) >= 11 is 0. The predicted octanol–water partition coefficient (Wildman–Crippen LogP) is 1.59. The smallest absolute Gasteiger partial charge is 0.223 e. The molecule has 0 radical (unpaired) electrons. The van der Waals surface area contributed by atoms with Crippen LogP contribution < -0.4 is 0 Å². The number of carbonyl (C=O) groups excluding carboxylic acids is 1. The van der Waals surface area contributed by atoms with E-state index in [4.69, 9.17) is 5.11 Å². The molecule has 54 valence electrons. The van der Waals surface area contributed by atoms with Gasteiger partial charge in [0, 0.05) is 11.5 Å². The second-order valence-electron chi connectivity index (χ2n) is 2.61. The van der Waals surface area contributed by atoms with Crippen molar-refractivity contribution in [3.8, 4) is 0 Å². The Kier molecular flexibility index (Phi) is 1.39. The maximum Gasteiger partial charge on any atom is 0.223 e. The van der Waals surface area contributed by atoms with Crippen LogP contribution in [0.1, 0.15) is 13.8 Å². The van der Waals surface area contributed by atoms with E-state index in [1.54, 1.807) is 6.92 Å². The summed E-state index contributed by atoms with van der Waals surface area (Å²) in [7, 11) is 0. The van der Waals surface area contributed by atoms with Crippen LogP contribution in [0.3, 0.4) is 0 Å². The highest BCUT2D eigenvalue weighted by atomic mass is 16.3. The van der Waals surface area contributed by atoms with Gasteiger partial charge >= 0.3 is 0 Å². The molecule has 1 aliphatic carbocycles. The number of aliphatic hydroxyl groups excluding tert-OH is 1. The summed E-state index contributed by atoms with van der Waals surface area (Å²) in [6.07, 6.45) is 0. The molecule has 1 rings (SSSR count). The maximum atomic E-state index is 10.9. The van der Waals surface area contributed by atoms with E-state index in [2.05, 4.69) is 6.58 Å². The Hall–Kier alpha value is -1.05. The van der Waals surface area contributed by atoms with Crippen LogP contribution in [0.2, 0.25) is 0 Å². The third-order valence-corrected chi connectivity index (χ3v) is 2.05. The molecule has 2 heteroatoms. The summed E-state index contributed by atoms with van der Waals surface area (Å²) in [4.78, 5) is 10.9. The van der Waals surface area contributed by atoms with Crippen molar-refractivity contribution in [3.05, 3.63) is 23.5 Å². The van der Waals surface area contributed by atoms with Crippen LogP contribution in [0.15, 0.2) is 23.5 Å². The molecule has 1 aliphatic rings. The molecular formula is C8H10O2. The lowest BCUT2D eigenvalue weighted by Gasteiger charge is -2.00. The Morgan fingerprint density at radius 2 is 2.10 bits per heavy atom. The predicted molar refractivity (Wildman–Crippen MR) is 38.6 cm³/mol. The van der Waals surface area contributed by atoms with Gasteiger partial charge in [0.2, 0.25) is 5.78 Å². The Labute approximate surface area is 59.9 Å². The van der Waals surface area contributed by atoms with Gasteiger partial charge in [0.1, 0.15) is 0 Å². The number of hydrogen-bond donors (Lipinski definition) is 1. The molecule has 1 N–H and O–H groups in total. The zero-order valence-corrected chi connectivity index (χ0v) is 6.14. The first kappa shape index (κ1) is 7.06. The van der Waals surface area contributed by atoms with E-state index in [0.29, 0.717) is 5.57 Å². The Morgan fingerprint density at radius 1 is 1.60 bits per heavy atom. The van der Waals surface area contributed by atoms with E-state index in [-0.39, 0.29) is 17.5 Å². The third kappa shape index (κ3) is 0.685. The summed E-state index contributed by atoms with van der Waals surface area (Å²) in [6, 6.07) is 0. The lowest BCUT2D eigenvalue weighted by molar-refractivity contribution is -0.114. The second kappa shape index (κ2) is 1.97. The number of aliphatic hydroxyl groups is 1. The molecule has 0 fully saturated rings. The van der Waals surface area contributed by atoms with Gasteiger partial charge < -0.3 is 5.11 Å². The molecule has 1 unspecified atom stereocenters. The van der Waals surface area contributed by atoms with E-state index in [9.17, 15) is 4.79 Å². The second-order valence-corrected chi connectivity index (χ2v) is 2.61. The molecule has 0 aromatic rings. The summed E-state index contributed by atoms with van der Waals surface area (Å²) in [5.41, 5.74) is 1.23. The fourth-order valence-corrected chi connectivity index (χ4v) is 0.994. The molecule has 0 aromatic heterocycles. The van der Waals surface area contributed by atoms with Crippen molar-refractivity contribution < 1.29 is 9.90 Å². The van der Waals surface area contributed by atoms with Crippen molar-refractivity contribution in [1.82, 2.24) is 0 Å². The molecule has 10 heavy (non-hydrogen) atoms. The minimum Gasteiger partial charge on any atom is -0.504 e. The van der Waals surface area contributed by atoms with Crippen LogP contribution in [-0.2, 0) is 4.79 Å². The van der Waals surface area contributed by atoms with Gasteiger partial charge in [0.15, 0.2) is 5.76 Å². The van der Waals surface area contributed by atoms with Gasteiger partial charge in [-0.3, -0.25) is 4.79 Å². The first-order valence-corrected chi connectivity index (χ1v) is 3.19. The minimum atomic E-state index is -0.301. The number of carbonyl (C=O) groups is 1. The van der Waals surface area contributed by atoms with Crippen molar-refractivity contribution in [2.45, 2.75) is 13.8 Å². The first-order chi connectivity index (χ1) is 4.55. The highest BCUT2D eigenvalue weighted by molar-refractivity contribution is 6.10. The SMILES string of the molecule is C=C1C(=O)C(O)=C(C)C1C. The molecule has 0 spiro atoms. The summed E-state index contributed by atoms with van der Waals surface area (Å²) in [5, 5.41) is 9.08.